The number of ether oxygens (including phenoxy) is 1. The molecule has 8 atom stereocenters. The van der Waals surface area contributed by atoms with Crippen molar-refractivity contribution in [2.75, 3.05) is 13.6 Å². The molecule has 0 bridgehead atoms. The van der Waals surface area contributed by atoms with E-state index in [0.717, 1.165) is 16.0 Å². The molecule has 11 nitrogen and oxygen atoms in total. The predicted molar refractivity (Wildman–Crippen MR) is 164 cm³/mol. The van der Waals surface area contributed by atoms with E-state index in [4.69, 9.17) is 4.74 Å². The molecule has 5 aliphatic rings. The maximum absolute atomic E-state index is 14.2. The van der Waals surface area contributed by atoms with Crippen molar-refractivity contribution in [1.29, 1.82) is 0 Å². The number of carbonyl (C=O) groups is 3. The number of piperidine rings is 1. The van der Waals surface area contributed by atoms with Crippen LogP contribution in [0.3, 0.4) is 0 Å². The Labute approximate surface area is 273 Å². The first-order valence-electron chi connectivity index (χ1n) is 16.2. The Bertz CT molecular complexity index is 1830. The highest BCUT2D eigenvalue weighted by Gasteiger charge is 2.71. The number of hydrogen-bond acceptors (Lipinski definition) is 7. The Morgan fingerprint density at radius 2 is 1.88 bits per heavy atom. The number of hydrogen-bond donors (Lipinski definition) is 4. The van der Waals surface area contributed by atoms with Crippen LogP contribution in [-0.2, 0) is 38.1 Å². The van der Waals surface area contributed by atoms with Crippen LogP contribution in [0.2, 0.25) is 0 Å². The fraction of sp³-hybridized carbons (Fsp3) is 0.500. The number of fused-ring (bicyclic) bond motifs is 5. The number of amides is 3. The van der Waals surface area contributed by atoms with Gasteiger partial charge in [-0.25, -0.2) is 0 Å². The smallest absolute Gasteiger partial charge is 0.374 e. The summed E-state index contributed by atoms with van der Waals surface area (Å²) in [7, 11) is 1.78. The number of benzene rings is 2. The Hall–Kier alpha value is -3.98. The monoisotopic (exact) mass is 667 g/mol. The average molecular weight is 668 g/mol. The summed E-state index contributed by atoms with van der Waals surface area (Å²) in [5.41, 5.74) is -0.683. The lowest BCUT2D eigenvalue weighted by Crippen LogP contribution is -2.72. The van der Waals surface area contributed by atoms with Gasteiger partial charge in [-0.3, -0.25) is 24.0 Å². The number of carbonyl (C=O) groups excluding carboxylic acids is 3. The number of aliphatic hydroxyl groups excluding tert-OH is 1. The van der Waals surface area contributed by atoms with Gasteiger partial charge in [-0.1, -0.05) is 42.5 Å². The van der Waals surface area contributed by atoms with Crippen molar-refractivity contribution in [3.05, 3.63) is 70.9 Å². The molecule has 1 aliphatic carbocycles. The van der Waals surface area contributed by atoms with Gasteiger partial charge in [-0.15, -0.1) is 0 Å². The Morgan fingerprint density at radius 3 is 2.60 bits per heavy atom. The van der Waals surface area contributed by atoms with Crippen molar-refractivity contribution in [1.82, 2.24) is 25.0 Å². The van der Waals surface area contributed by atoms with E-state index >= 15 is 0 Å². The number of likely N-dealkylation sites (N-methyl/N-ethyl adjacent to an activating group) is 1. The number of aromatic nitrogens is 1. The highest BCUT2D eigenvalue weighted by Crippen LogP contribution is 2.49. The summed E-state index contributed by atoms with van der Waals surface area (Å²) in [6.45, 7) is 1.57. The van der Waals surface area contributed by atoms with E-state index in [1.807, 2.05) is 17.0 Å². The summed E-state index contributed by atoms with van der Waals surface area (Å²) in [6, 6.07) is 11.6. The van der Waals surface area contributed by atoms with Gasteiger partial charge in [-0.05, 0) is 62.4 Å². The fourth-order valence-electron chi connectivity index (χ4n) is 9.00. The van der Waals surface area contributed by atoms with Gasteiger partial charge in [0, 0.05) is 35.8 Å². The Balaban J connectivity index is 1.08. The zero-order valence-corrected chi connectivity index (χ0v) is 26.3. The van der Waals surface area contributed by atoms with E-state index in [9.17, 15) is 37.8 Å². The lowest BCUT2D eigenvalue weighted by Gasteiger charge is -2.49. The third-order valence-electron chi connectivity index (χ3n) is 11.1. The van der Waals surface area contributed by atoms with E-state index < -0.39 is 65.5 Å². The molecule has 254 valence electrons. The zero-order chi connectivity index (χ0) is 33.9. The highest BCUT2D eigenvalue weighted by molar-refractivity contribution is 5.97. The molecule has 4 fully saturated rings. The Kier molecular flexibility index (Phi) is 6.85. The van der Waals surface area contributed by atoms with E-state index in [-0.39, 0.29) is 49.8 Å². The normalized spacial score (nSPS) is 34.7. The largest absolute Gasteiger partial charge is 0.431 e. The van der Waals surface area contributed by atoms with Crippen LogP contribution >= 0.6 is 0 Å². The topological polar surface area (TPSA) is 138 Å². The van der Waals surface area contributed by atoms with E-state index in [1.165, 1.54) is 11.8 Å². The second-order valence-corrected chi connectivity index (χ2v) is 14.0. The van der Waals surface area contributed by atoms with Crippen LogP contribution in [0.4, 0.5) is 13.2 Å². The fourth-order valence-corrected chi connectivity index (χ4v) is 9.00. The van der Waals surface area contributed by atoms with Gasteiger partial charge in [0.15, 0.2) is 0 Å². The van der Waals surface area contributed by atoms with Gasteiger partial charge in [0.05, 0.1) is 5.92 Å². The third kappa shape index (κ3) is 4.45. The molecule has 0 saturated carbocycles. The van der Waals surface area contributed by atoms with Crippen LogP contribution in [0.5, 0.6) is 0 Å². The first-order valence-corrected chi connectivity index (χ1v) is 16.2. The van der Waals surface area contributed by atoms with E-state index in [2.05, 4.69) is 10.3 Å². The van der Waals surface area contributed by atoms with Gasteiger partial charge in [-0.2, -0.15) is 13.2 Å². The minimum absolute atomic E-state index is 0.0519. The van der Waals surface area contributed by atoms with Crippen molar-refractivity contribution >= 4 is 28.6 Å². The molecule has 8 rings (SSSR count). The molecule has 4 N–H and O–H groups in total. The molecular weight excluding hydrogens is 631 g/mol. The lowest BCUT2D eigenvalue weighted by molar-refractivity contribution is -0.319. The second kappa shape index (κ2) is 10.5. The molecule has 2 unspecified atom stereocenters. The van der Waals surface area contributed by atoms with Gasteiger partial charge in [0.1, 0.15) is 24.0 Å². The summed E-state index contributed by atoms with van der Waals surface area (Å²) >= 11 is 0. The second-order valence-electron chi connectivity index (χ2n) is 14.0. The lowest BCUT2D eigenvalue weighted by atomic mass is 9.72. The predicted octanol–water partition coefficient (Wildman–Crippen LogP) is 2.42. The third-order valence-corrected chi connectivity index (χ3v) is 11.1. The molecule has 4 saturated heterocycles. The van der Waals surface area contributed by atoms with Gasteiger partial charge in [0.25, 0.3) is 11.8 Å². The van der Waals surface area contributed by atoms with Gasteiger partial charge >= 0.3 is 6.18 Å². The van der Waals surface area contributed by atoms with Crippen LogP contribution < -0.4 is 5.32 Å². The average Bonchev–Trinajstić information content (AvgIpc) is 3.68. The number of rotatable bonds is 4. The van der Waals surface area contributed by atoms with E-state index in [0.29, 0.717) is 17.3 Å². The summed E-state index contributed by atoms with van der Waals surface area (Å²) < 4.78 is 48.0. The van der Waals surface area contributed by atoms with Crippen LogP contribution in [0.1, 0.15) is 54.5 Å². The number of piperazine rings is 1. The molecule has 1 aromatic heterocycles. The number of nitrogens with one attached hydrogen (secondary N) is 2. The van der Waals surface area contributed by atoms with Crippen molar-refractivity contribution in [3.8, 4) is 0 Å². The quantitative estimate of drug-likeness (QED) is 0.336. The maximum atomic E-state index is 14.2. The number of aromatic amines is 1. The molecule has 5 heterocycles. The summed E-state index contributed by atoms with van der Waals surface area (Å²) in [5, 5.41) is 26.1. The molecule has 2 aromatic carbocycles. The molecule has 3 aromatic rings. The minimum Gasteiger partial charge on any atom is -0.374 e. The first-order chi connectivity index (χ1) is 22.7. The molecule has 3 amide bonds. The Morgan fingerprint density at radius 1 is 1.12 bits per heavy atom. The SMILES string of the molecule is CN1C[C@H](C(=O)N[C@]2(C)O[C@@]3(O)[C@@H]4CCC(O)N4C(=O)[C@H](Cc4ccccc4)N3C2=O)CC2c3cccc4[nH]c(C(F)(F)F)c(c34)C[C@H]21. The van der Waals surface area contributed by atoms with E-state index in [1.54, 1.807) is 43.4 Å². The highest BCUT2D eigenvalue weighted by atomic mass is 19.4. The minimum atomic E-state index is -4.53. The number of alkyl halides is 3. The van der Waals surface area contributed by atoms with Crippen LogP contribution in [0.25, 0.3) is 10.9 Å². The maximum Gasteiger partial charge on any atom is 0.431 e. The van der Waals surface area contributed by atoms with Gasteiger partial charge < -0.3 is 30.3 Å². The summed E-state index contributed by atoms with van der Waals surface area (Å²) in [6.07, 6.45) is -4.80. The number of aliphatic hydroxyl groups is 2. The molecule has 4 aliphatic heterocycles. The van der Waals surface area contributed by atoms with Crippen LogP contribution in [-0.4, -0.2) is 97.2 Å². The van der Waals surface area contributed by atoms with Crippen LogP contribution in [0, 0.1) is 5.92 Å². The van der Waals surface area contributed by atoms with Crippen molar-refractivity contribution in [2.45, 2.75) is 87.1 Å². The number of halogens is 3. The van der Waals surface area contributed by atoms with Crippen molar-refractivity contribution in [3.63, 3.8) is 0 Å². The summed E-state index contributed by atoms with van der Waals surface area (Å²) in [5.74, 6) is -5.04. The zero-order valence-electron chi connectivity index (χ0n) is 26.3. The number of H-pyrrole nitrogens is 1. The standard InChI is InChI=1S/C34H36F3N5O6/c1-32(31(46)42-24(13-17-7-4-3-5-8-17)30(45)41-25(11-12-26(41)43)34(42,47)48-32)39-29(44)18-14-20-19-9-6-10-22-27(19)21(15-23(20)40(2)16-18)28(38-22)33(35,36)37/h3-10,18,20,23-26,38,43,47H,11-16H2,1-2H3,(H,39,44)/t18-,20?,23-,24+,25+,26?,32-,34+/m1/s1. The molecule has 14 heteroatoms. The van der Waals surface area contributed by atoms with Crippen LogP contribution in [0.15, 0.2) is 48.5 Å². The summed E-state index contributed by atoms with van der Waals surface area (Å²) in [4.78, 5) is 48.7. The van der Waals surface area contributed by atoms with Crippen molar-refractivity contribution < 1.29 is 42.5 Å². The molecule has 0 spiro atoms. The molecule has 0 radical (unpaired) electrons. The number of nitrogens with zero attached hydrogens (tertiary/aromatic N) is 3. The molecule has 48 heavy (non-hydrogen) atoms. The van der Waals surface area contributed by atoms with Crippen molar-refractivity contribution in [2.24, 2.45) is 5.92 Å². The number of likely N-dealkylation sites (tertiary alicyclic amines) is 1. The first kappa shape index (κ1) is 31.3. The molecular formula is C34H36F3N5O6. The van der Waals surface area contributed by atoms with Gasteiger partial charge in [0.2, 0.25) is 17.5 Å².